The van der Waals surface area contributed by atoms with Gasteiger partial charge in [0.1, 0.15) is 0 Å². The Morgan fingerprint density at radius 3 is 0.957 bits per heavy atom. The van der Waals surface area contributed by atoms with Crippen molar-refractivity contribution in [1.82, 2.24) is 0 Å². The van der Waals surface area contributed by atoms with E-state index in [1.807, 2.05) is 0 Å². The van der Waals surface area contributed by atoms with E-state index in [4.69, 9.17) is 0 Å². The highest BCUT2D eigenvalue weighted by Gasteiger charge is 2.90. The van der Waals surface area contributed by atoms with Crippen LogP contribution in [0.3, 0.4) is 0 Å². The molecule has 0 aliphatic heterocycles. The summed E-state index contributed by atoms with van der Waals surface area (Å²) >= 11 is 0. The monoisotopic (exact) mass is 373 g/mol. The normalized spacial score (nSPS) is 18.8. The maximum Gasteiger partial charge on any atom is 0.460 e. The molecule has 0 saturated heterocycles. The third-order valence-corrected chi connectivity index (χ3v) is 3.09. The fourth-order valence-electron chi connectivity index (χ4n) is 1.27. The molecule has 1 atom stereocenters. The highest BCUT2D eigenvalue weighted by molar-refractivity contribution is 5.13. The molecule has 0 bridgehead atoms. The molecule has 0 rings (SSSR count). The van der Waals surface area contributed by atoms with Gasteiger partial charge in [0.25, 0.3) is 0 Å². The Morgan fingerprint density at radius 2 is 0.739 bits per heavy atom. The van der Waals surface area contributed by atoms with Crippen LogP contribution in [0.1, 0.15) is 20.8 Å². The summed E-state index contributed by atoms with van der Waals surface area (Å²) in [6.07, 6.45) is -7.30. The lowest BCUT2D eigenvalue weighted by Gasteiger charge is -2.45. The number of nitrogens with two attached hydrogens (primary N) is 1. The van der Waals surface area contributed by atoms with Crippen LogP contribution in [-0.2, 0) is 0 Å². The molecule has 13 heteroatoms. The van der Waals surface area contributed by atoms with Crippen molar-refractivity contribution in [2.75, 3.05) is 0 Å². The van der Waals surface area contributed by atoms with Crippen molar-refractivity contribution in [3.8, 4) is 0 Å². The number of hydrogen-bond donors (Lipinski definition) is 1. The zero-order valence-corrected chi connectivity index (χ0v) is 11.6. The van der Waals surface area contributed by atoms with Gasteiger partial charge in [0.05, 0.1) is 0 Å². The van der Waals surface area contributed by atoms with Gasteiger partial charge in [-0.1, -0.05) is 20.8 Å². The molecule has 0 aliphatic rings. The Bertz CT molecular complexity index is 402. The standard InChI is InChI=1S/C10H11F12N/c1-4(2,3)9(19,23)7(15,16)5(11,12)6(13,14)8(17,18)10(20,21)22/h23H2,1-3H3. The third-order valence-electron chi connectivity index (χ3n) is 3.09. The Labute approximate surface area is 121 Å². The van der Waals surface area contributed by atoms with E-state index in [-0.39, 0.29) is 0 Å². The summed E-state index contributed by atoms with van der Waals surface area (Å²) in [6.45, 7) is 1.28. The van der Waals surface area contributed by atoms with E-state index >= 15 is 0 Å². The first-order valence-electron chi connectivity index (χ1n) is 5.56. The van der Waals surface area contributed by atoms with Crippen LogP contribution >= 0.6 is 0 Å². The SMILES string of the molecule is CC(C)(C)C(N)(F)C(F)(F)C(F)(F)C(F)(F)C(F)(F)C(F)(F)F. The minimum atomic E-state index is -7.68. The van der Waals surface area contributed by atoms with Crippen LogP contribution in [-0.4, -0.2) is 35.7 Å². The molecule has 0 radical (unpaired) electrons. The second-order valence-electron chi connectivity index (χ2n) is 5.76. The zero-order valence-electron chi connectivity index (χ0n) is 11.6. The van der Waals surface area contributed by atoms with E-state index in [9.17, 15) is 52.7 Å². The molecule has 0 aliphatic carbocycles. The number of alkyl halides is 12. The first kappa shape index (κ1) is 22.1. The average Bonchev–Trinajstić information content (AvgIpc) is 2.24. The third kappa shape index (κ3) is 2.74. The smallest absolute Gasteiger partial charge is 0.293 e. The Hall–Kier alpha value is -0.880. The average molecular weight is 373 g/mol. The number of hydrogen-bond acceptors (Lipinski definition) is 1. The van der Waals surface area contributed by atoms with Crippen LogP contribution in [0.4, 0.5) is 52.7 Å². The lowest BCUT2D eigenvalue weighted by atomic mass is 9.77. The van der Waals surface area contributed by atoms with Gasteiger partial charge in [-0.2, -0.15) is 48.3 Å². The maximum absolute atomic E-state index is 13.8. The van der Waals surface area contributed by atoms with Gasteiger partial charge in [0, 0.05) is 5.41 Å². The van der Waals surface area contributed by atoms with E-state index < -0.39 is 41.1 Å². The van der Waals surface area contributed by atoms with Crippen molar-refractivity contribution >= 4 is 0 Å². The van der Waals surface area contributed by atoms with Gasteiger partial charge >= 0.3 is 29.9 Å². The van der Waals surface area contributed by atoms with Crippen LogP contribution in [0.25, 0.3) is 0 Å². The van der Waals surface area contributed by atoms with Crippen LogP contribution in [0, 0.1) is 5.41 Å². The highest BCUT2D eigenvalue weighted by atomic mass is 19.4. The number of rotatable bonds is 4. The van der Waals surface area contributed by atoms with E-state index in [0.717, 1.165) is 0 Å². The quantitative estimate of drug-likeness (QED) is 0.558. The van der Waals surface area contributed by atoms with Crippen LogP contribution < -0.4 is 5.73 Å². The van der Waals surface area contributed by atoms with E-state index in [1.165, 1.54) is 0 Å². The van der Waals surface area contributed by atoms with Gasteiger partial charge < -0.3 is 0 Å². The molecule has 0 aromatic heterocycles. The van der Waals surface area contributed by atoms with Gasteiger partial charge in [-0.05, 0) is 0 Å². The van der Waals surface area contributed by atoms with Crippen molar-refractivity contribution < 1.29 is 52.7 Å². The van der Waals surface area contributed by atoms with Crippen molar-refractivity contribution in [3.63, 3.8) is 0 Å². The minimum Gasteiger partial charge on any atom is -0.293 e. The molecule has 23 heavy (non-hydrogen) atoms. The molecule has 1 unspecified atom stereocenters. The van der Waals surface area contributed by atoms with E-state index in [2.05, 4.69) is 5.73 Å². The molecular weight excluding hydrogens is 362 g/mol. The second-order valence-corrected chi connectivity index (χ2v) is 5.76. The van der Waals surface area contributed by atoms with Gasteiger partial charge in [0.2, 0.25) is 5.79 Å². The number of halogens is 12. The van der Waals surface area contributed by atoms with Gasteiger partial charge in [-0.25, -0.2) is 4.39 Å². The molecule has 0 spiro atoms. The summed E-state index contributed by atoms with van der Waals surface area (Å²) in [5.41, 5.74) is 1.53. The molecule has 0 amide bonds. The molecule has 1 nitrogen and oxygen atoms in total. The summed E-state index contributed by atoms with van der Waals surface area (Å²) in [5.74, 6) is -34.5. The first-order valence-corrected chi connectivity index (χ1v) is 5.56. The predicted octanol–water partition coefficient (Wildman–Crippen LogP) is 4.76. The summed E-state index contributed by atoms with van der Waals surface area (Å²) in [4.78, 5) is 0. The van der Waals surface area contributed by atoms with Crippen molar-refractivity contribution in [2.24, 2.45) is 11.1 Å². The fraction of sp³-hybridized carbons (Fsp3) is 1.00. The largest absolute Gasteiger partial charge is 0.460 e. The molecule has 0 heterocycles. The zero-order chi connectivity index (χ0) is 19.5. The summed E-state index contributed by atoms with van der Waals surface area (Å²) in [6, 6.07) is 0. The second kappa shape index (κ2) is 5.06. The molecule has 2 N–H and O–H groups in total. The highest BCUT2D eigenvalue weighted by Crippen LogP contribution is 2.61. The van der Waals surface area contributed by atoms with E-state index in [0.29, 0.717) is 20.8 Å². The molecule has 0 aromatic rings. The summed E-state index contributed by atoms with van der Waals surface area (Å²) in [5, 5.41) is 0. The van der Waals surface area contributed by atoms with E-state index in [1.54, 1.807) is 0 Å². The summed E-state index contributed by atoms with van der Waals surface area (Å²) < 4.78 is 154. The lowest BCUT2D eigenvalue weighted by molar-refractivity contribution is -0.436. The molecular formula is C10H11F12N. The Balaban J connectivity index is 6.37. The predicted molar refractivity (Wildman–Crippen MR) is 53.3 cm³/mol. The molecule has 140 valence electrons. The maximum atomic E-state index is 13.8. The molecule has 0 aromatic carbocycles. The van der Waals surface area contributed by atoms with Crippen molar-refractivity contribution in [3.05, 3.63) is 0 Å². The van der Waals surface area contributed by atoms with Crippen LogP contribution in [0.2, 0.25) is 0 Å². The first-order chi connectivity index (χ1) is 9.50. The van der Waals surface area contributed by atoms with Crippen LogP contribution in [0.5, 0.6) is 0 Å². The Kier molecular flexibility index (Phi) is 4.86. The van der Waals surface area contributed by atoms with Gasteiger partial charge in [0.15, 0.2) is 0 Å². The Morgan fingerprint density at radius 1 is 0.478 bits per heavy atom. The van der Waals surface area contributed by atoms with Crippen LogP contribution in [0.15, 0.2) is 0 Å². The van der Waals surface area contributed by atoms with Crippen molar-refractivity contribution in [1.29, 1.82) is 0 Å². The molecule has 0 saturated carbocycles. The van der Waals surface area contributed by atoms with Crippen molar-refractivity contribution in [2.45, 2.75) is 56.4 Å². The summed E-state index contributed by atoms with van der Waals surface area (Å²) in [7, 11) is 0. The van der Waals surface area contributed by atoms with Gasteiger partial charge in [-0.3, -0.25) is 5.73 Å². The minimum absolute atomic E-state index is 0.428. The topological polar surface area (TPSA) is 26.0 Å². The fourth-order valence-corrected chi connectivity index (χ4v) is 1.27. The molecule has 0 fully saturated rings. The lowest BCUT2D eigenvalue weighted by Crippen LogP contribution is -2.75. The van der Waals surface area contributed by atoms with Gasteiger partial charge in [-0.15, -0.1) is 0 Å².